The lowest BCUT2D eigenvalue weighted by Gasteiger charge is -2.21. The van der Waals surface area contributed by atoms with Crippen molar-refractivity contribution in [1.29, 1.82) is 0 Å². The van der Waals surface area contributed by atoms with E-state index in [1.54, 1.807) is 6.33 Å². The van der Waals surface area contributed by atoms with Crippen LogP contribution in [0.5, 0.6) is 0 Å². The number of hydrogen-bond donors (Lipinski definition) is 0. The summed E-state index contributed by atoms with van der Waals surface area (Å²) in [6.07, 6.45) is 8.67. The lowest BCUT2D eigenvalue weighted by atomic mass is 10.1. The van der Waals surface area contributed by atoms with Crippen molar-refractivity contribution in [3.63, 3.8) is 0 Å². The van der Waals surface area contributed by atoms with Gasteiger partial charge in [0.1, 0.15) is 12.1 Å². The van der Waals surface area contributed by atoms with Crippen LogP contribution < -0.4 is 4.90 Å². The summed E-state index contributed by atoms with van der Waals surface area (Å²) < 4.78 is 1.94. The maximum absolute atomic E-state index is 4.62. The monoisotopic (exact) mass is 321 g/mol. The summed E-state index contributed by atoms with van der Waals surface area (Å²) in [6.45, 7) is 6.37. The van der Waals surface area contributed by atoms with Crippen LogP contribution in [0, 0.1) is 13.8 Å². The van der Waals surface area contributed by atoms with Crippen LogP contribution in [-0.4, -0.2) is 32.8 Å². The molecular weight excluding hydrogens is 298 g/mol. The number of rotatable bonds is 2. The first kappa shape index (κ1) is 15.1. The van der Waals surface area contributed by atoms with E-state index in [9.17, 15) is 0 Å². The Balaban J connectivity index is 1.81. The van der Waals surface area contributed by atoms with Gasteiger partial charge >= 0.3 is 0 Å². The molecule has 3 heterocycles. The smallest absolute Gasteiger partial charge is 0.168 e. The Bertz CT molecular complexity index is 859. The standard InChI is InChI=1S/C19H23N5/c1-14-7-8-17(15(2)11-14)24-19-16(12-22-24)18(20-13-21-19)23-9-5-3-4-6-10-23/h7-8,11-13H,3-6,9-10H2,1-2H3. The fourth-order valence-corrected chi connectivity index (χ4v) is 3.59. The molecule has 0 atom stereocenters. The lowest BCUT2D eigenvalue weighted by molar-refractivity contribution is 0.726. The third kappa shape index (κ3) is 2.64. The molecule has 0 N–H and O–H groups in total. The number of fused-ring (bicyclic) bond motifs is 1. The minimum absolute atomic E-state index is 0.885. The van der Waals surface area contributed by atoms with Gasteiger partial charge < -0.3 is 4.90 Å². The molecule has 0 radical (unpaired) electrons. The van der Waals surface area contributed by atoms with Crippen molar-refractivity contribution in [3.05, 3.63) is 41.9 Å². The third-order valence-electron chi connectivity index (χ3n) is 4.83. The fourth-order valence-electron chi connectivity index (χ4n) is 3.59. The quantitative estimate of drug-likeness (QED) is 0.720. The topological polar surface area (TPSA) is 46.8 Å². The molecule has 24 heavy (non-hydrogen) atoms. The highest BCUT2D eigenvalue weighted by atomic mass is 15.3. The summed E-state index contributed by atoms with van der Waals surface area (Å²) in [5.74, 6) is 1.03. The van der Waals surface area contributed by atoms with Gasteiger partial charge in [0.05, 0.1) is 17.3 Å². The van der Waals surface area contributed by atoms with Gasteiger partial charge in [-0.1, -0.05) is 30.5 Å². The Morgan fingerprint density at radius 1 is 0.958 bits per heavy atom. The Labute approximate surface area is 142 Å². The molecular formula is C19H23N5. The van der Waals surface area contributed by atoms with Gasteiger partial charge in [0.2, 0.25) is 0 Å². The van der Waals surface area contributed by atoms with E-state index in [1.807, 2.05) is 10.9 Å². The fraction of sp³-hybridized carbons (Fsp3) is 0.421. The van der Waals surface area contributed by atoms with Gasteiger partial charge in [-0.2, -0.15) is 5.10 Å². The van der Waals surface area contributed by atoms with Gasteiger partial charge in [-0.25, -0.2) is 14.6 Å². The zero-order chi connectivity index (χ0) is 16.5. The van der Waals surface area contributed by atoms with Crippen molar-refractivity contribution in [1.82, 2.24) is 19.7 Å². The first-order valence-corrected chi connectivity index (χ1v) is 8.75. The highest BCUT2D eigenvalue weighted by Gasteiger charge is 2.18. The van der Waals surface area contributed by atoms with Crippen molar-refractivity contribution in [3.8, 4) is 5.69 Å². The first-order valence-electron chi connectivity index (χ1n) is 8.75. The number of aromatic nitrogens is 4. The molecule has 0 saturated carbocycles. The minimum Gasteiger partial charge on any atom is -0.356 e. The van der Waals surface area contributed by atoms with Gasteiger partial charge in [-0.15, -0.1) is 0 Å². The second kappa shape index (κ2) is 6.23. The minimum atomic E-state index is 0.885. The summed E-state index contributed by atoms with van der Waals surface area (Å²) >= 11 is 0. The first-order chi connectivity index (χ1) is 11.7. The molecule has 0 aliphatic carbocycles. The lowest BCUT2D eigenvalue weighted by Crippen LogP contribution is -2.25. The second-order valence-electron chi connectivity index (χ2n) is 6.68. The maximum atomic E-state index is 4.62. The molecule has 3 aromatic rings. The molecule has 0 spiro atoms. The second-order valence-corrected chi connectivity index (χ2v) is 6.68. The van der Waals surface area contributed by atoms with Gasteiger partial charge in [0, 0.05) is 13.1 Å². The molecule has 0 bridgehead atoms. The molecule has 1 aliphatic rings. The van der Waals surface area contributed by atoms with Crippen molar-refractivity contribution >= 4 is 16.9 Å². The predicted molar refractivity (Wildman–Crippen MR) is 96.8 cm³/mol. The molecule has 1 aliphatic heterocycles. The van der Waals surface area contributed by atoms with Crippen LogP contribution in [0.2, 0.25) is 0 Å². The van der Waals surface area contributed by atoms with E-state index < -0.39 is 0 Å². The van der Waals surface area contributed by atoms with Gasteiger partial charge in [0.15, 0.2) is 5.65 Å². The number of hydrogen-bond acceptors (Lipinski definition) is 4. The van der Waals surface area contributed by atoms with E-state index in [1.165, 1.54) is 36.8 Å². The Morgan fingerprint density at radius 2 is 1.75 bits per heavy atom. The Morgan fingerprint density at radius 3 is 2.50 bits per heavy atom. The highest BCUT2D eigenvalue weighted by molar-refractivity contribution is 5.87. The predicted octanol–water partition coefficient (Wildman–Crippen LogP) is 3.81. The van der Waals surface area contributed by atoms with Crippen LogP contribution in [0.1, 0.15) is 36.8 Å². The molecule has 4 rings (SSSR count). The number of benzene rings is 1. The average molecular weight is 321 g/mol. The van der Waals surface area contributed by atoms with Gasteiger partial charge in [-0.3, -0.25) is 0 Å². The van der Waals surface area contributed by atoms with E-state index >= 15 is 0 Å². The summed E-state index contributed by atoms with van der Waals surface area (Å²) in [7, 11) is 0. The van der Waals surface area contributed by atoms with E-state index in [0.29, 0.717) is 0 Å². The van der Waals surface area contributed by atoms with Crippen LogP contribution in [0.25, 0.3) is 16.7 Å². The molecule has 1 aromatic carbocycles. The van der Waals surface area contributed by atoms with Crippen molar-refractivity contribution in [2.24, 2.45) is 0 Å². The van der Waals surface area contributed by atoms with Crippen LogP contribution >= 0.6 is 0 Å². The average Bonchev–Trinajstić information content (AvgIpc) is 2.82. The van der Waals surface area contributed by atoms with Crippen molar-refractivity contribution in [2.75, 3.05) is 18.0 Å². The zero-order valence-corrected chi connectivity index (χ0v) is 14.4. The summed E-state index contributed by atoms with van der Waals surface area (Å²) in [6, 6.07) is 6.41. The molecule has 124 valence electrons. The Hall–Kier alpha value is -2.43. The van der Waals surface area contributed by atoms with Gasteiger partial charge in [0.25, 0.3) is 0 Å². The van der Waals surface area contributed by atoms with E-state index in [4.69, 9.17) is 0 Å². The van der Waals surface area contributed by atoms with Gasteiger partial charge in [-0.05, 0) is 38.3 Å². The van der Waals surface area contributed by atoms with E-state index in [2.05, 4.69) is 52.0 Å². The van der Waals surface area contributed by atoms with Crippen LogP contribution in [0.4, 0.5) is 5.82 Å². The molecule has 1 saturated heterocycles. The zero-order valence-electron chi connectivity index (χ0n) is 14.4. The number of anilines is 1. The molecule has 5 heteroatoms. The summed E-state index contributed by atoms with van der Waals surface area (Å²) in [5, 5.41) is 5.66. The van der Waals surface area contributed by atoms with Crippen LogP contribution in [0.15, 0.2) is 30.7 Å². The van der Waals surface area contributed by atoms with Crippen molar-refractivity contribution in [2.45, 2.75) is 39.5 Å². The van der Waals surface area contributed by atoms with Crippen LogP contribution in [-0.2, 0) is 0 Å². The van der Waals surface area contributed by atoms with E-state index in [-0.39, 0.29) is 0 Å². The highest BCUT2D eigenvalue weighted by Crippen LogP contribution is 2.27. The summed E-state index contributed by atoms with van der Waals surface area (Å²) in [5.41, 5.74) is 4.43. The molecule has 0 amide bonds. The van der Waals surface area contributed by atoms with E-state index in [0.717, 1.165) is 35.6 Å². The third-order valence-corrected chi connectivity index (χ3v) is 4.83. The maximum Gasteiger partial charge on any atom is 0.168 e. The van der Waals surface area contributed by atoms with Crippen LogP contribution in [0.3, 0.4) is 0 Å². The molecule has 5 nitrogen and oxygen atoms in total. The number of nitrogens with zero attached hydrogens (tertiary/aromatic N) is 5. The Kier molecular flexibility index (Phi) is 3.92. The largest absolute Gasteiger partial charge is 0.356 e. The molecule has 0 unspecified atom stereocenters. The normalized spacial score (nSPS) is 15.7. The van der Waals surface area contributed by atoms with Crippen molar-refractivity contribution < 1.29 is 0 Å². The SMILES string of the molecule is Cc1ccc(-n2ncc3c(N4CCCCCC4)ncnc32)c(C)c1. The molecule has 2 aromatic heterocycles. The molecule has 1 fully saturated rings. The number of aryl methyl sites for hydroxylation is 2. The summed E-state index contributed by atoms with van der Waals surface area (Å²) in [4.78, 5) is 11.5.